The number of ether oxygens (including phenoxy) is 2. The molecule has 2 heterocycles. The van der Waals surface area contributed by atoms with Gasteiger partial charge in [-0.15, -0.1) is 23.5 Å². The van der Waals surface area contributed by atoms with Gasteiger partial charge in [-0.1, -0.05) is 6.42 Å². The third kappa shape index (κ3) is 8.15. The minimum Gasteiger partial charge on any atom is -0.481 e. The molecule has 9 N–H and O–H groups in total. The number of carbonyl (C=O) groups is 1. The smallest absolute Gasteiger partial charge is 0.303 e. The van der Waals surface area contributed by atoms with Crippen molar-refractivity contribution in [2.75, 3.05) is 19.0 Å². The van der Waals surface area contributed by atoms with Crippen LogP contribution in [0.4, 0.5) is 0 Å². The van der Waals surface area contributed by atoms with E-state index in [1.165, 1.54) is 23.5 Å². The number of carboxylic acid groups (broad SMARTS) is 1. The molecule has 2 aliphatic heterocycles. The first-order chi connectivity index (χ1) is 16.1. The van der Waals surface area contributed by atoms with E-state index in [0.717, 1.165) is 0 Å². The lowest BCUT2D eigenvalue weighted by atomic mass is 10.0. The van der Waals surface area contributed by atoms with Crippen LogP contribution in [-0.2, 0) is 14.3 Å². The van der Waals surface area contributed by atoms with Crippen LogP contribution >= 0.6 is 23.5 Å². The van der Waals surface area contributed by atoms with Gasteiger partial charge in [-0.25, -0.2) is 0 Å². The Morgan fingerprint density at radius 1 is 0.735 bits per heavy atom. The van der Waals surface area contributed by atoms with Crippen molar-refractivity contribution < 1.29 is 60.2 Å². The molecule has 0 aromatic carbocycles. The van der Waals surface area contributed by atoms with Crippen molar-refractivity contribution in [3.8, 4) is 0 Å². The van der Waals surface area contributed by atoms with Gasteiger partial charge >= 0.3 is 5.97 Å². The summed E-state index contributed by atoms with van der Waals surface area (Å²) in [6.45, 7) is -1.07. The number of aliphatic carboxylic acids is 1. The number of aliphatic hydroxyl groups is 8. The highest BCUT2D eigenvalue weighted by atomic mass is 32.2. The number of hydrogen-bond acceptors (Lipinski definition) is 13. The first kappa shape index (κ1) is 30.0. The maximum Gasteiger partial charge on any atom is 0.303 e. The summed E-state index contributed by atoms with van der Waals surface area (Å²) in [5.41, 5.74) is -1.82. The van der Waals surface area contributed by atoms with Crippen LogP contribution in [0.3, 0.4) is 0 Å². The minimum atomic E-state index is -1.50. The Balaban J connectivity index is 1.96. The van der Waals surface area contributed by atoms with Crippen LogP contribution < -0.4 is 0 Å². The summed E-state index contributed by atoms with van der Waals surface area (Å²) in [5.74, 6) is -0.493. The van der Waals surface area contributed by atoms with Gasteiger partial charge in [-0.3, -0.25) is 4.79 Å². The monoisotopic (exact) mass is 532 g/mol. The largest absolute Gasteiger partial charge is 0.481 e. The Morgan fingerprint density at radius 3 is 1.79 bits per heavy atom. The van der Waals surface area contributed by atoms with E-state index < -0.39 is 78.9 Å². The summed E-state index contributed by atoms with van der Waals surface area (Å²) in [7, 11) is 0. The van der Waals surface area contributed by atoms with E-state index in [-0.39, 0.29) is 11.7 Å². The van der Waals surface area contributed by atoms with Crippen molar-refractivity contribution in [1.82, 2.24) is 0 Å². The van der Waals surface area contributed by atoms with Crippen LogP contribution in [0.25, 0.3) is 0 Å². The number of unbranched alkanes of at least 4 members (excludes halogenated alkanes) is 1. The normalized spacial score (nSPS) is 39.6. The topological polar surface area (TPSA) is 218 Å². The fraction of sp³-hybridized carbons (Fsp3) is 0.950. The van der Waals surface area contributed by atoms with Gasteiger partial charge in [0.15, 0.2) is 0 Å². The molecule has 2 fully saturated rings. The van der Waals surface area contributed by atoms with Crippen LogP contribution in [-0.4, -0.2) is 136 Å². The number of carboxylic acids is 1. The molecule has 3 unspecified atom stereocenters. The SMILES string of the molecule is O=C(O)CCCCC(CCS[C@@H]1O[C@H](CO)[C@@H](O)C(O)[C@H]1O)S[C@@H]1O[C@H](CO)[C@@H](O)C(O)[C@H]1O. The number of rotatable bonds is 13. The van der Waals surface area contributed by atoms with Gasteiger partial charge in [-0.2, -0.15) is 0 Å². The summed E-state index contributed by atoms with van der Waals surface area (Å²) in [6, 6.07) is 0. The van der Waals surface area contributed by atoms with Crippen LogP contribution in [0, 0.1) is 0 Å². The third-order valence-corrected chi connectivity index (χ3v) is 8.62. The average Bonchev–Trinajstić information content (AvgIpc) is 2.81. The van der Waals surface area contributed by atoms with Crippen LogP contribution in [0.1, 0.15) is 32.1 Å². The predicted molar refractivity (Wildman–Crippen MR) is 122 cm³/mol. The summed E-state index contributed by atoms with van der Waals surface area (Å²) in [6.07, 6.45) is -8.61. The highest BCUT2D eigenvalue weighted by Crippen LogP contribution is 2.36. The van der Waals surface area contributed by atoms with E-state index in [2.05, 4.69) is 0 Å². The molecule has 11 atom stereocenters. The molecule has 14 heteroatoms. The third-order valence-electron chi connectivity index (χ3n) is 5.91. The van der Waals surface area contributed by atoms with E-state index >= 15 is 0 Å². The Kier molecular flexibility index (Phi) is 12.8. The van der Waals surface area contributed by atoms with E-state index in [1.807, 2.05) is 0 Å². The van der Waals surface area contributed by atoms with Gasteiger partial charge in [0.1, 0.15) is 59.7 Å². The Bertz CT molecular complexity index is 612. The lowest BCUT2D eigenvalue weighted by molar-refractivity contribution is -0.205. The van der Waals surface area contributed by atoms with E-state index in [1.54, 1.807) is 0 Å². The van der Waals surface area contributed by atoms with Crippen molar-refractivity contribution in [1.29, 1.82) is 0 Å². The number of hydrogen-bond donors (Lipinski definition) is 9. The maximum atomic E-state index is 10.8. The van der Waals surface area contributed by atoms with Crippen molar-refractivity contribution in [3.05, 3.63) is 0 Å². The average molecular weight is 533 g/mol. The Hall–Kier alpha value is -0.230. The van der Waals surface area contributed by atoms with Gasteiger partial charge < -0.3 is 55.4 Å². The zero-order chi connectivity index (χ0) is 25.4. The molecular formula is C20H36O12S2. The molecule has 2 aliphatic rings. The van der Waals surface area contributed by atoms with Gasteiger partial charge in [0.25, 0.3) is 0 Å². The predicted octanol–water partition coefficient (Wildman–Crippen LogP) is -2.54. The van der Waals surface area contributed by atoms with Crippen LogP contribution in [0.2, 0.25) is 0 Å². The molecule has 0 aliphatic carbocycles. The molecule has 200 valence electrons. The van der Waals surface area contributed by atoms with Crippen molar-refractivity contribution in [3.63, 3.8) is 0 Å². The summed E-state index contributed by atoms with van der Waals surface area (Å²) < 4.78 is 11.1. The van der Waals surface area contributed by atoms with Crippen LogP contribution in [0.5, 0.6) is 0 Å². The summed E-state index contributed by atoms with van der Waals surface area (Å²) in [5, 5.41) is 87.8. The molecule has 0 aromatic heterocycles. The molecule has 0 amide bonds. The second kappa shape index (κ2) is 14.5. The standard InChI is InChI=1S/C20H36O12S2/c21-7-10-13(25)15(27)17(29)19(31-10)33-6-5-9(3-1-2-4-12(23)24)34-20-18(30)16(28)14(26)11(8-22)32-20/h9-11,13-22,25-30H,1-8H2,(H,23,24)/t9?,10-,11-,13-,14-,15?,16?,17-,18-,19+,20+/m1/s1. The lowest BCUT2D eigenvalue weighted by Crippen LogP contribution is -2.57. The molecule has 0 aromatic rings. The van der Waals surface area contributed by atoms with E-state index in [4.69, 9.17) is 14.6 Å². The van der Waals surface area contributed by atoms with Crippen LogP contribution in [0.15, 0.2) is 0 Å². The molecule has 0 bridgehead atoms. The van der Waals surface area contributed by atoms with Gasteiger partial charge in [0.2, 0.25) is 0 Å². The highest BCUT2D eigenvalue weighted by molar-refractivity contribution is 8.01. The number of aliphatic hydroxyl groups excluding tert-OH is 8. The zero-order valence-corrected chi connectivity index (χ0v) is 20.2. The molecule has 0 saturated carbocycles. The highest BCUT2D eigenvalue weighted by Gasteiger charge is 2.45. The molecular weight excluding hydrogens is 496 g/mol. The maximum absolute atomic E-state index is 10.8. The fourth-order valence-corrected chi connectivity index (χ4v) is 6.67. The number of thioether (sulfide) groups is 2. The Morgan fingerprint density at radius 2 is 1.26 bits per heavy atom. The van der Waals surface area contributed by atoms with Gasteiger partial charge in [-0.05, 0) is 25.0 Å². The van der Waals surface area contributed by atoms with Crippen molar-refractivity contribution >= 4 is 29.5 Å². The van der Waals surface area contributed by atoms with Crippen molar-refractivity contribution in [2.24, 2.45) is 0 Å². The minimum absolute atomic E-state index is 0.0110. The summed E-state index contributed by atoms with van der Waals surface area (Å²) in [4.78, 5) is 10.8. The van der Waals surface area contributed by atoms with Gasteiger partial charge in [0, 0.05) is 11.7 Å². The molecule has 2 rings (SSSR count). The van der Waals surface area contributed by atoms with E-state index in [9.17, 15) is 45.6 Å². The van der Waals surface area contributed by atoms with Gasteiger partial charge in [0.05, 0.1) is 13.2 Å². The molecule has 2 saturated heterocycles. The molecule has 0 radical (unpaired) electrons. The Labute approximate surface area is 205 Å². The molecule has 0 spiro atoms. The van der Waals surface area contributed by atoms with Crippen molar-refractivity contribution in [2.45, 2.75) is 97.1 Å². The zero-order valence-electron chi connectivity index (χ0n) is 18.6. The first-order valence-electron chi connectivity index (χ1n) is 11.2. The first-order valence-corrected chi connectivity index (χ1v) is 13.2. The second-order valence-electron chi connectivity index (χ2n) is 8.45. The molecule has 34 heavy (non-hydrogen) atoms. The molecule has 12 nitrogen and oxygen atoms in total. The second-order valence-corrected chi connectivity index (χ2v) is 11.1. The fourth-order valence-electron chi connectivity index (χ4n) is 3.82. The lowest BCUT2D eigenvalue weighted by Gasteiger charge is -2.41. The quantitative estimate of drug-likeness (QED) is 0.112. The van der Waals surface area contributed by atoms with E-state index in [0.29, 0.717) is 31.4 Å². The summed E-state index contributed by atoms with van der Waals surface area (Å²) >= 11 is 2.38.